The number of hydrogen-bond acceptors (Lipinski definition) is 3. The molecule has 1 aliphatic carbocycles. The van der Waals surface area contributed by atoms with Gasteiger partial charge in [0.1, 0.15) is 6.10 Å². The molecule has 1 amide bonds. The van der Waals surface area contributed by atoms with Crippen LogP contribution in [0.4, 0.5) is 4.79 Å². The molecule has 2 aromatic carbocycles. The number of carbonyl (C=O) groups is 1. The molecular weight excluding hydrogens is 324 g/mol. The fraction of sp³-hybridized carbons (Fsp3) is 0.409. The zero-order valence-corrected chi connectivity index (χ0v) is 15.4. The molecule has 1 fully saturated rings. The van der Waals surface area contributed by atoms with Gasteiger partial charge in [0, 0.05) is 32.6 Å². The van der Waals surface area contributed by atoms with Crippen molar-refractivity contribution in [3.63, 3.8) is 0 Å². The van der Waals surface area contributed by atoms with Crippen molar-refractivity contribution in [3.8, 4) is 0 Å². The van der Waals surface area contributed by atoms with E-state index in [0.717, 1.165) is 38.8 Å². The molecular formula is C22H28N2O2. The van der Waals surface area contributed by atoms with Crippen molar-refractivity contribution in [2.45, 2.75) is 50.9 Å². The summed E-state index contributed by atoms with van der Waals surface area (Å²) in [5.74, 6) is 0. The van der Waals surface area contributed by atoms with Crippen LogP contribution >= 0.6 is 0 Å². The molecule has 0 unspecified atom stereocenters. The lowest BCUT2D eigenvalue weighted by atomic mass is 9.91. The molecule has 2 aromatic rings. The summed E-state index contributed by atoms with van der Waals surface area (Å²) in [6.07, 6.45) is 3.76. The Bertz CT molecular complexity index is 634. The Morgan fingerprint density at radius 2 is 1.58 bits per heavy atom. The van der Waals surface area contributed by atoms with Crippen LogP contribution in [0, 0.1) is 0 Å². The second-order valence-corrected chi connectivity index (χ2v) is 6.97. The Labute approximate surface area is 156 Å². The molecule has 26 heavy (non-hydrogen) atoms. The number of benzene rings is 2. The van der Waals surface area contributed by atoms with Crippen LogP contribution in [-0.2, 0) is 17.8 Å². The smallest absolute Gasteiger partial charge is 0.407 e. The van der Waals surface area contributed by atoms with E-state index in [1.54, 1.807) is 7.05 Å². The first-order valence-corrected chi connectivity index (χ1v) is 9.45. The molecule has 0 bridgehead atoms. The van der Waals surface area contributed by atoms with Crippen molar-refractivity contribution in [2.24, 2.45) is 0 Å². The minimum absolute atomic E-state index is 0.00254. The lowest BCUT2D eigenvalue weighted by molar-refractivity contribution is 0.0343. The highest BCUT2D eigenvalue weighted by atomic mass is 16.6. The van der Waals surface area contributed by atoms with Gasteiger partial charge in [-0.1, -0.05) is 60.7 Å². The molecule has 0 radical (unpaired) electrons. The summed E-state index contributed by atoms with van der Waals surface area (Å²) in [5, 5.41) is 2.56. The first-order valence-electron chi connectivity index (χ1n) is 9.45. The van der Waals surface area contributed by atoms with E-state index < -0.39 is 0 Å². The van der Waals surface area contributed by atoms with Gasteiger partial charge in [-0.05, 0) is 30.4 Å². The van der Waals surface area contributed by atoms with Crippen LogP contribution in [0.15, 0.2) is 60.7 Å². The first kappa shape index (κ1) is 18.5. The van der Waals surface area contributed by atoms with Crippen LogP contribution in [0.1, 0.15) is 36.8 Å². The summed E-state index contributed by atoms with van der Waals surface area (Å²) >= 11 is 0. The Balaban J connectivity index is 1.72. The molecule has 0 saturated heterocycles. The third-order valence-corrected chi connectivity index (χ3v) is 5.05. The van der Waals surface area contributed by atoms with Crippen molar-refractivity contribution in [1.29, 1.82) is 0 Å². The van der Waals surface area contributed by atoms with E-state index in [2.05, 4.69) is 70.9 Å². The van der Waals surface area contributed by atoms with Gasteiger partial charge in [-0.15, -0.1) is 0 Å². The number of carbonyl (C=O) groups excluding carboxylic acids is 1. The molecule has 138 valence electrons. The zero-order valence-electron chi connectivity index (χ0n) is 15.4. The highest BCUT2D eigenvalue weighted by molar-refractivity contribution is 5.66. The topological polar surface area (TPSA) is 41.6 Å². The van der Waals surface area contributed by atoms with Gasteiger partial charge < -0.3 is 10.1 Å². The van der Waals surface area contributed by atoms with E-state index in [0.29, 0.717) is 6.04 Å². The van der Waals surface area contributed by atoms with E-state index in [-0.39, 0.29) is 12.2 Å². The van der Waals surface area contributed by atoms with Crippen molar-refractivity contribution < 1.29 is 9.53 Å². The van der Waals surface area contributed by atoms with Crippen molar-refractivity contribution in [2.75, 3.05) is 7.05 Å². The number of ether oxygens (including phenoxy) is 1. The van der Waals surface area contributed by atoms with Crippen LogP contribution < -0.4 is 5.32 Å². The van der Waals surface area contributed by atoms with E-state index in [9.17, 15) is 4.79 Å². The number of hydrogen-bond donors (Lipinski definition) is 1. The summed E-state index contributed by atoms with van der Waals surface area (Å²) in [6.45, 7) is 1.82. The second kappa shape index (κ2) is 9.39. The summed E-state index contributed by atoms with van der Waals surface area (Å²) in [4.78, 5) is 14.1. The largest absolute Gasteiger partial charge is 0.446 e. The van der Waals surface area contributed by atoms with Gasteiger partial charge in [-0.2, -0.15) is 0 Å². The van der Waals surface area contributed by atoms with Gasteiger partial charge in [0.25, 0.3) is 0 Å². The summed E-state index contributed by atoms with van der Waals surface area (Å²) in [6, 6.07) is 21.6. The highest BCUT2D eigenvalue weighted by Gasteiger charge is 2.29. The minimum atomic E-state index is -0.326. The predicted molar refractivity (Wildman–Crippen MR) is 104 cm³/mol. The Morgan fingerprint density at radius 1 is 1.00 bits per heavy atom. The van der Waals surface area contributed by atoms with Crippen molar-refractivity contribution >= 4 is 6.09 Å². The summed E-state index contributed by atoms with van der Waals surface area (Å²) in [7, 11) is 1.61. The number of amides is 1. The number of nitrogens with one attached hydrogen (secondary N) is 1. The molecule has 1 saturated carbocycles. The number of alkyl carbamates (subject to hydrolysis) is 1. The fourth-order valence-electron chi connectivity index (χ4n) is 3.72. The Kier molecular flexibility index (Phi) is 6.67. The zero-order chi connectivity index (χ0) is 18.2. The molecule has 3 rings (SSSR count). The van der Waals surface area contributed by atoms with E-state index >= 15 is 0 Å². The van der Waals surface area contributed by atoms with Crippen LogP contribution in [0.2, 0.25) is 0 Å². The van der Waals surface area contributed by atoms with Gasteiger partial charge in [-0.25, -0.2) is 4.79 Å². The molecule has 4 nitrogen and oxygen atoms in total. The average Bonchev–Trinajstić information content (AvgIpc) is 2.69. The highest BCUT2D eigenvalue weighted by Crippen LogP contribution is 2.28. The van der Waals surface area contributed by atoms with Gasteiger partial charge in [0.2, 0.25) is 0 Å². The molecule has 0 aliphatic heterocycles. The normalized spacial score (nSPS) is 19.9. The third-order valence-electron chi connectivity index (χ3n) is 5.05. The standard InChI is InChI=1S/C22H28N2O2/c1-23-22(25)26-21-14-8-13-20(15-21)24(16-18-9-4-2-5-10-18)17-19-11-6-3-7-12-19/h2-7,9-12,20-21H,8,13-17H2,1H3,(H,23,25)/t20-,21-/m0/s1. The predicted octanol–water partition coefficient (Wildman–Crippen LogP) is 4.36. The van der Waals surface area contributed by atoms with Crippen LogP contribution in [0.3, 0.4) is 0 Å². The molecule has 4 heteroatoms. The minimum Gasteiger partial charge on any atom is -0.446 e. The fourth-order valence-corrected chi connectivity index (χ4v) is 3.72. The maximum absolute atomic E-state index is 11.6. The van der Waals surface area contributed by atoms with E-state index in [1.165, 1.54) is 11.1 Å². The second-order valence-electron chi connectivity index (χ2n) is 6.97. The number of nitrogens with zero attached hydrogens (tertiary/aromatic N) is 1. The maximum atomic E-state index is 11.6. The van der Waals surface area contributed by atoms with E-state index in [4.69, 9.17) is 4.74 Å². The van der Waals surface area contributed by atoms with Crippen LogP contribution in [0.5, 0.6) is 0 Å². The Hall–Kier alpha value is -2.33. The average molecular weight is 352 g/mol. The monoisotopic (exact) mass is 352 g/mol. The van der Waals surface area contributed by atoms with Crippen LogP contribution in [0.25, 0.3) is 0 Å². The SMILES string of the molecule is CNC(=O)O[C@H]1CCC[C@H](N(Cc2ccccc2)Cc2ccccc2)C1. The molecule has 1 N–H and O–H groups in total. The first-order chi connectivity index (χ1) is 12.7. The van der Waals surface area contributed by atoms with Crippen molar-refractivity contribution in [3.05, 3.63) is 71.8 Å². The van der Waals surface area contributed by atoms with Gasteiger partial charge in [-0.3, -0.25) is 4.90 Å². The lowest BCUT2D eigenvalue weighted by Gasteiger charge is -2.37. The summed E-state index contributed by atoms with van der Waals surface area (Å²) < 4.78 is 5.54. The van der Waals surface area contributed by atoms with Gasteiger partial charge in [0.05, 0.1) is 0 Å². The lowest BCUT2D eigenvalue weighted by Crippen LogP contribution is -2.41. The molecule has 0 spiro atoms. The maximum Gasteiger partial charge on any atom is 0.407 e. The third kappa shape index (κ3) is 5.33. The molecule has 1 aliphatic rings. The number of rotatable bonds is 6. The van der Waals surface area contributed by atoms with E-state index in [1.807, 2.05) is 0 Å². The van der Waals surface area contributed by atoms with Crippen molar-refractivity contribution in [1.82, 2.24) is 10.2 Å². The van der Waals surface area contributed by atoms with Gasteiger partial charge >= 0.3 is 6.09 Å². The molecule has 2 atom stereocenters. The quantitative estimate of drug-likeness (QED) is 0.840. The summed E-state index contributed by atoms with van der Waals surface area (Å²) in [5.41, 5.74) is 2.63. The Morgan fingerprint density at radius 3 is 2.12 bits per heavy atom. The molecule has 0 heterocycles. The molecule has 0 aromatic heterocycles. The van der Waals surface area contributed by atoms with Gasteiger partial charge in [0.15, 0.2) is 0 Å². The van der Waals surface area contributed by atoms with Crippen LogP contribution in [-0.4, -0.2) is 30.2 Å².